The van der Waals surface area contributed by atoms with E-state index in [0.29, 0.717) is 12.7 Å². The molecule has 3 aliphatic rings. The fourth-order valence-electron chi connectivity index (χ4n) is 5.69. The number of nitrogens with zero attached hydrogens (tertiary/aromatic N) is 1. The minimum absolute atomic E-state index is 0.0869. The number of ether oxygens (including phenoxy) is 2. The van der Waals surface area contributed by atoms with Crippen molar-refractivity contribution in [3.63, 3.8) is 0 Å². The van der Waals surface area contributed by atoms with Crippen LogP contribution >= 0.6 is 0 Å². The van der Waals surface area contributed by atoms with Crippen LogP contribution in [-0.4, -0.2) is 43.4 Å². The number of rotatable bonds is 6. The van der Waals surface area contributed by atoms with Gasteiger partial charge in [-0.25, -0.2) is 4.79 Å². The third-order valence-corrected chi connectivity index (χ3v) is 7.80. The number of fused-ring (bicyclic) bond motifs is 1. The molecule has 6 heteroatoms. The molecule has 182 valence electrons. The van der Waals surface area contributed by atoms with Crippen molar-refractivity contribution in [3.8, 4) is 11.5 Å². The summed E-state index contributed by atoms with van der Waals surface area (Å²) >= 11 is 0. The van der Waals surface area contributed by atoms with E-state index >= 15 is 0 Å². The lowest BCUT2D eigenvalue weighted by molar-refractivity contribution is 0.168. The first-order chi connectivity index (χ1) is 16.6. The number of likely N-dealkylation sites (tertiary alicyclic amines) is 1. The molecule has 0 spiro atoms. The van der Waals surface area contributed by atoms with Crippen LogP contribution in [0.15, 0.2) is 42.5 Å². The third kappa shape index (κ3) is 5.66. The maximum atomic E-state index is 12.3. The summed E-state index contributed by atoms with van der Waals surface area (Å²) in [7, 11) is 0. The van der Waals surface area contributed by atoms with E-state index in [2.05, 4.69) is 27.7 Å². The average molecular weight is 464 g/mol. The SMILES string of the molecule is Cc1ccc(NC(=O)NC2CCC(CCN3CCC(c4cccc5c4OCO5)CC3)CC2)cc1. The lowest BCUT2D eigenvalue weighted by atomic mass is 9.83. The van der Waals surface area contributed by atoms with Crippen molar-refractivity contribution in [2.45, 2.75) is 63.8 Å². The van der Waals surface area contributed by atoms with Gasteiger partial charge >= 0.3 is 6.03 Å². The highest BCUT2D eigenvalue weighted by atomic mass is 16.7. The number of para-hydroxylation sites is 1. The van der Waals surface area contributed by atoms with Gasteiger partial charge in [-0.1, -0.05) is 29.8 Å². The highest BCUT2D eigenvalue weighted by Gasteiger charge is 2.28. The van der Waals surface area contributed by atoms with Crippen LogP contribution < -0.4 is 20.1 Å². The molecule has 2 fully saturated rings. The first kappa shape index (κ1) is 23.0. The Kier molecular flexibility index (Phi) is 7.24. The van der Waals surface area contributed by atoms with Gasteiger partial charge in [-0.05, 0) is 102 Å². The molecule has 2 amide bonds. The molecular formula is C28H37N3O3. The van der Waals surface area contributed by atoms with Gasteiger partial charge in [0.1, 0.15) is 0 Å². The number of nitrogens with one attached hydrogen (secondary N) is 2. The standard InChI is InChI=1S/C28H37N3O3/c1-20-5-9-23(10-6-20)29-28(32)30-24-11-7-21(8-12-24)13-16-31-17-14-22(15-18-31)25-3-2-4-26-27(25)34-19-33-26/h2-6,9-10,21-22,24H,7-8,11-19H2,1H3,(H2,29,30,32). The van der Waals surface area contributed by atoms with E-state index < -0.39 is 0 Å². The fourth-order valence-corrected chi connectivity index (χ4v) is 5.69. The third-order valence-electron chi connectivity index (χ3n) is 7.80. The van der Waals surface area contributed by atoms with Crippen LogP contribution in [0.1, 0.15) is 62.0 Å². The number of hydrogen-bond donors (Lipinski definition) is 2. The van der Waals surface area contributed by atoms with Crippen LogP contribution in [0.5, 0.6) is 11.5 Å². The van der Waals surface area contributed by atoms with E-state index in [0.717, 1.165) is 49.0 Å². The molecule has 34 heavy (non-hydrogen) atoms. The van der Waals surface area contributed by atoms with Gasteiger partial charge in [0.2, 0.25) is 6.79 Å². The number of piperidine rings is 1. The second kappa shape index (κ2) is 10.7. The average Bonchev–Trinajstić information content (AvgIpc) is 3.35. The Labute approximate surface area is 203 Å². The molecular weight excluding hydrogens is 426 g/mol. The second-order valence-corrected chi connectivity index (χ2v) is 10.2. The number of anilines is 1. The number of hydrogen-bond acceptors (Lipinski definition) is 4. The fraction of sp³-hybridized carbons (Fsp3) is 0.536. The zero-order chi connectivity index (χ0) is 23.3. The monoisotopic (exact) mass is 463 g/mol. The van der Waals surface area contributed by atoms with E-state index in [1.807, 2.05) is 37.3 Å². The molecule has 5 rings (SSSR count). The van der Waals surface area contributed by atoms with Gasteiger partial charge in [-0.2, -0.15) is 0 Å². The molecule has 0 radical (unpaired) electrons. The normalized spacial score (nSPS) is 23.0. The lowest BCUT2D eigenvalue weighted by Crippen LogP contribution is -2.40. The van der Waals surface area contributed by atoms with Crippen LogP contribution in [0.3, 0.4) is 0 Å². The molecule has 0 atom stereocenters. The summed E-state index contributed by atoms with van der Waals surface area (Å²) < 4.78 is 11.3. The summed E-state index contributed by atoms with van der Waals surface area (Å²) in [6.07, 6.45) is 8.22. The molecule has 0 unspecified atom stereocenters. The van der Waals surface area contributed by atoms with E-state index in [9.17, 15) is 4.79 Å². The van der Waals surface area contributed by atoms with E-state index in [1.165, 1.54) is 49.8 Å². The maximum absolute atomic E-state index is 12.3. The molecule has 2 heterocycles. The molecule has 2 N–H and O–H groups in total. The summed E-state index contributed by atoms with van der Waals surface area (Å²) in [5.41, 5.74) is 3.36. The van der Waals surface area contributed by atoms with Crippen molar-refractivity contribution in [1.82, 2.24) is 10.2 Å². The Bertz CT molecular complexity index is 961. The van der Waals surface area contributed by atoms with Crippen LogP contribution in [0, 0.1) is 12.8 Å². The highest BCUT2D eigenvalue weighted by molar-refractivity contribution is 5.89. The van der Waals surface area contributed by atoms with Crippen molar-refractivity contribution in [1.29, 1.82) is 0 Å². The van der Waals surface area contributed by atoms with Crippen molar-refractivity contribution in [3.05, 3.63) is 53.6 Å². The zero-order valence-corrected chi connectivity index (χ0v) is 20.2. The molecule has 0 bridgehead atoms. The Morgan fingerprint density at radius 1 is 0.971 bits per heavy atom. The first-order valence-electron chi connectivity index (χ1n) is 12.9. The summed E-state index contributed by atoms with van der Waals surface area (Å²) in [5, 5.41) is 6.12. The van der Waals surface area contributed by atoms with Crippen molar-refractivity contribution in [2.75, 3.05) is 31.7 Å². The number of benzene rings is 2. The minimum atomic E-state index is -0.0869. The Morgan fingerprint density at radius 3 is 2.50 bits per heavy atom. The second-order valence-electron chi connectivity index (χ2n) is 10.2. The molecule has 1 saturated carbocycles. The van der Waals surface area contributed by atoms with E-state index in [-0.39, 0.29) is 12.1 Å². The number of urea groups is 1. The smallest absolute Gasteiger partial charge is 0.319 e. The summed E-state index contributed by atoms with van der Waals surface area (Å²) in [4.78, 5) is 15.0. The molecule has 0 aromatic heterocycles. The number of amides is 2. The summed E-state index contributed by atoms with van der Waals surface area (Å²) in [5.74, 6) is 3.22. The van der Waals surface area contributed by atoms with Crippen molar-refractivity contribution < 1.29 is 14.3 Å². The predicted octanol–water partition coefficient (Wildman–Crippen LogP) is 5.67. The molecule has 1 saturated heterocycles. The Hall–Kier alpha value is -2.73. The van der Waals surface area contributed by atoms with Gasteiger partial charge in [-0.3, -0.25) is 0 Å². The first-order valence-corrected chi connectivity index (χ1v) is 12.9. The van der Waals surface area contributed by atoms with Gasteiger partial charge in [0.25, 0.3) is 0 Å². The highest BCUT2D eigenvalue weighted by Crippen LogP contribution is 2.42. The molecule has 1 aliphatic carbocycles. The zero-order valence-electron chi connectivity index (χ0n) is 20.2. The molecule has 2 aromatic rings. The lowest BCUT2D eigenvalue weighted by Gasteiger charge is -2.34. The van der Waals surface area contributed by atoms with E-state index in [4.69, 9.17) is 9.47 Å². The number of carbonyl (C=O) groups excluding carboxylic acids is 1. The van der Waals surface area contributed by atoms with Crippen molar-refractivity contribution >= 4 is 11.7 Å². The van der Waals surface area contributed by atoms with Crippen LogP contribution in [0.4, 0.5) is 10.5 Å². The van der Waals surface area contributed by atoms with Gasteiger partial charge in [-0.15, -0.1) is 0 Å². The van der Waals surface area contributed by atoms with E-state index in [1.54, 1.807) is 0 Å². The quantitative estimate of drug-likeness (QED) is 0.579. The summed E-state index contributed by atoms with van der Waals surface area (Å²) in [6, 6.07) is 14.4. The molecule has 2 aliphatic heterocycles. The van der Waals surface area contributed by atoms with Gasteiger partial charge in [0.05, 0.1) is 0 Å². The predicted molar refractivity (Wildman–Crippen MR) is 135 cm³/mol. The van der Waals surface area contributed by atoms with Gasteiger partial charge in [0.15, 0.2) is 11.5 Å². The molecule has 2 aromatic carbocycles. The number of aryl methyl sites for hydroxylation is 1. The van der Waals surface area contributed by atoms with Crippen LogP contribution in [0.2, 0.25) is 0 Å². The molecule has 6 nitrogen and oxygen atoms in total. The minimum Gasteiger partial charge on any atom is -0.454 e. The topological polar surface area (TPSA) is 62.8 Å². The van der Waals surface area contributed by atoms with Gasteiger partial charge < -0.3 is 25.0 Å². The maximum Gasteiger partial charge on any atom is 0.319 e. The van der Waals surface area contributed by atoms with Crippen LogP contribution in [0.25, 0.3) is 0 Å². The summed E-state index contributed by atoms with van der Waals surface area (Å²) in [6.45, 7) is 5.90. The Morgan fingerprint density at radius 2 is 1.74 bits per heavy atom. The van der Waals surface area contributed by atoms with Crippen LogP contribution in [-0.2, 0) is 0 Å². The van der Waals surface area contributed by atoms with Gasteiger partial charge in [0, 0.05) is 17.3 Å². The number of carbonyl (C=O) groups is 1. The van der Waals surface area contributed by atoms with Crippen molar-refractivity contribution in [2.24, 2.45) is 5.92 Å². The largest absolute Gasteiger partial charge is 0.454 e. The Balaban J connectivity index is 0.994.